The van der Waals surface area contributed by atoms with Crippen LogP contribution in [0.3, 0.4) is 0 Å². The number of methoxy groups -OCH3 is 1. The van der Waals surface area contributed by atoms with Gasteiger partial charge in [0.25, 0.3) is 5.56 Å². The van der Waals surface area contributed by atoms with Crippen LogP contribution in [0.2, 0.25) is 0 Å². The van der Waals surface area contributed by atoms with Gasteiger partial charge in [-0.3, -0.25) is 18.7 Å². The first-order valence-electron chi connectivity index (χ1n) is 8.19. The van der Waals surface area contributed by atoms with E-state index in [1.165, 1.54) is 30.5 Å². The molecule has 2 aromatic rings. The molecule has 2 heterocycles. The molecule has 0 spiro atoms. The minimum Gasteiger partial charge on any atom is -0.468 e. The first-order chi connectivity index (χ1) is 11.9. The molecule has 0 saturated heterocycles. The number of nitrogens with zero attached hydrogens (tertiary/aromatic N) is 3. The lowest BCUT2D eigenvalue weighted by atomic mass is 10.1. The van der Waals surface area contributed by atoms with E-state index in [1.54, 1.807) is 13.2 Å². The molecule has 0 aliphatic heterocycles. The molecule has 7 nitrogen and oxygen atoms in total. The van der Waals surface area contributed by atoms with E-state index in [0.29, 0.717) is 22.3 Å². The fraction of sp³-hybridized carbons (Fsp3) is 0.529. The smallest absolute Gasteiger partial charge is 0.332 e. The summed E-state index contributed by atoms with van der Waals surface area (Å²) in [5.74, 6) is -0.332. The van der Waals surface area contributed by atoms with Crippen molar-refractivity contribution in [3.8, 4) is 0 Å². The molecule has 136 valence electrons. The van der Waals surface area contributed by atoms with E-state index < -0.39 is 16.5 Å². The van der Waals surface area contributed by atoms with Crippen LogP contribution in [0, 0.1) is 0 Å². The van der Waals surface area contributed by atoms with Gasteiger partial charge in [0.15, 0.2) is 0 Å². The van der Waals surface area contributed by atoms with Crippen LogP contribution in [0.25, 0.3) is 11.0 Å². The highest BCUT2D eigenvalue weighted by atomic mass is 32.2. The van der Waals surface area contributed by atoms with Gasteiger partial charge in [0.2, 0.25) is 0 Å². The number of carbonyl (C=O) groups excluding carboxylic acids is 1. The van der Waals surface area contributed by atoms with E-state index in [2.05, 4.69) is 4.98 Å². The highest BCUT2D eigenvalue weighted by Gasteiger charge is 2.24. The molecule has 0 unspecified atom stereocenters. The van der Waals surface area contributed by atoms with E-state index in [1.807, 2.05) is 13.8 Å². The number of rotatable bonds is 6. The maximum absolute atomic E-state index is 12.8. The fourth-order valence-electron chi connectivity index (χ4n) is 2.70. The molecule has 0 bridgehead atoms. The average Bonchev–Trinajstić information content (AvgIpc) is 2.62. The molecule has 2 rings (SSSR count). The van der Waals surface area contributed by atoms with Crippen molar-refractivity contribution in [2.24, 2.45) is 14.1 Å². The molecule has 1 atom stereocenters. The van der Waals surface area contributed by atoms with E-state index in [9.17, 15) is 14.4 Å². The van der Waals surface area contributed by atoms with Gasteiger partial charge >= 0.3 is 11.7 Å². The minimum atomic E-state index is -0.427. The van der Waals surface area contributed by atoms with Crippen LogP contribution in [-0.2, 0) is 30.0 Å². The second-order valence-corrected chi connectivity index (χ2v) is 7.02. The Morgan fingerprint density at radius 2 is 1.96 bits per heavy atom. The number of pyridine rings is 1. The van der Waals surface area contributed by atoms with E-state index in [-0.39, 0.29) is 5.97 Å². The molecule has 0 radical (unpaired) electrons. The van der Waals surface area contributed by atoms with Crippen molar-refractivity contribution in [2.75, 3.05) is 7.11 Å². The van der Waals surface area contributed by atoms with E-state index in [0.717, 1.165) is 23.0 Å². The zero-order valence-electron chi connectivity index (χ0n) is 15.2. The van der Waals surface area contributed by atoms with Gasteiger partial charge in [0.1, 0.15) is 10.9 Å². The lowest BCUT2D eigenvalue weighted by Crippen LogP contribution is -2.37. The van der Waals surface area contributed by atoms with Crippen LogP contribution in [0.5, 0.6) is 0 Å². The Labute approximate surface area is 150 Å². The number of fused-ring (bicyclic) bond motifs is 1. The number of hydrogen-bond acceptors (Lipinski definition) is 6. The van der Waals surface area contributed by atoms with Gasteiger partial charge in [-0.05, 0) is 18.4 Å². The van der Waals surface area contributed by atoms with Gasteiger partial charge in [-0.2, -0.15) is 0 Å². The van der Waals surface area contributed by atoms with Gasteiger partial charge in [-0.25, -0.2) is 9.78 Å². The van der Waals surface area contributed by atoms with Crippen molar-refractivity contribution >= 4 is 28.8 Å². The number of aryl methyl sites for hydroxylation is 2. The summed E-state index contributed by atoms with van der Waals surface area (Å²) in [5, 5.41) is -0.0453. The molecular weight excluding hydrogens is 342 g/mol. The number of carbonyl (C=O) groups is 1. The lowest BCUT2D eigenvalue weighted by Gasteiger charge is -2.17. The highest BCUT2D eigenvalue weighted by Crippen LogP contribution is 2.33. The van der Waals surface area contributed by atoms with Gasteiger partial charge < -0.3 is 4.74 Å². The topological polar surface area (TPSA) is 83.2 Å². The summed E-state index contributed by atoms with van der Waals surface area (Å²) < 4.78 is 7.30. The number of aromatic nitrogens is 3. The summed E-state index contributed by atoms with van der Waals surface area (Å²) >= 11 is 1.31. The molecule has 0 N–H and O–H groups in total. The maximum Gasteiger partial charge on any atom is 0.332 e. The molecule has 8 heteroatoms. The predicted octanol–water partition coefficient (Wildman–Crippen LogP) is 1.63. The molecule has 25 heavy (non-hydrogen) atoms. The van der Waals surface area contributed by atoms with Gasteiger partial charge in [-0.1, -0.05) is 20.3 Å². The molecule has 0 saturated carbocycles. The Kier molecular flexibility index (Phi) is 6.05. The third-order valence-electron chi connectivity index (χ3n) is 4.11. The summed E-state index contributed by atoms with van der Waals surface area (Å²) in [4.78, 5) is 42.0. The van der Waals surface area contributed by atoms with Gasteiger partial charge in [0, 0.05) is 25.2 Å². The van der Waals surface area contributed by atoms with Crippen molar-refractivity contribution in [3.05, 3.63) is 32.6 Å². The molecule has 2 aromatic heterocycles. The zero-order chi connectivity index (χ0) is 18.7. The van der Waals surface area contributed by atoms with Gasteiger partial charge in [0.05, 0.1) is 12.5 Å². The summed E-state index contributed by atoms with van der Waals surface area (Å²) in [6, 6.07) is 0. The van der Waals surface area contributed by atoms with E-state index >= 15 is 0 Å². The molecule has 0 aromatic carbocycles. The van der Waals surface area contributed by atoms with Crippen LogP contribution in [0.4, 0.5) is 0 Å². The molecule has 0 amide bonds. The number of thioether (sulfide) groups is 1. The first kappa shape index (κ1) is 19.2. The Balaban J connectivity index is 2.82. The fourth-order valence-corrected chi connectivity index (χ4v) is 3.94. The van der Waals surface area contributed by atoms with Crippen LogP contribution >= 0.6 is 11.8 Å². The number of ether oxygens (including phenoxy) is 1. The zero-order valence-corrected chi connectivity index (χ0v) is 16.0. The van der Waals surface area contributed by atoms with Crippen LogP contribution in [-0.4, -0.2) is 32.4 Å². The molecule has 0 aliphatic rings. The largest absolute Gasteiger partial charge is 0.468 e. The Hall–Kier alpha value is -2.09. The maximum atomic E-state index is 12.8. The van der Waals surface area contributed by atoms with Crippen molar-refractivity contribution in [1.82, 2.24) is 14.1 Å². The Bertz CT molecular complexity index is 917. The number of hydrogen-bond donors (Lipinski definition) is 0. The first-order valence-corrected chi connectivity index (χ1v) is 9.07. The van der Waals surface area contributed by atoms with Crippen molar-refractivity contribution in [1.29, 1.82) is 0 Å². The minimum absolute atomic E-state index is 0.329. The average molecular weight is 365 g/mol. The van der Waals surface area contributed by atoms with Crippen LogP contribution in [0.15, 0.2) is 20.7 Å². The summed E-state index contributed by atoms with van der Waals surface area (Å²) in [5.41, 5.74) is 0.406. The summed E-state index contributed by atoms with van der Waals surface area (Å²) in [6.07, 6.45) is 3.87. The van der Waals surface area contributed by atoms with E-state index in [4.69, 9.17) is 4.74 Å². The third kappa shape index (κ3) is 3.49. The highest BCUT2D eigenvalue weighted by molar-refractivity contribution is 8.00. The number of esters is 1. The Morgan fingerprint density at radius 1 is 1.28 bits per heavy atom. The van der Waals surface area contributed by atoms with Crippen molar-refractivity contribution in [2.45, 2.75) is 43.3 Å². The second-order valence-electron chi connectivity index (χ2n) is 5.80. The molecule has 0 fully saturated rings. The molecular formula is C17H23N3O4S. The second kappa shape index (κ2) is 7.86. The molecule has 0 aliphatic carbocycles. The van der Waals surface area contributed by atoms with Crippen LogP contribution in [0.1, 0.15) is 32.3 Å². The summed E-state index contributed by atoms with van der Waals surface area (Å²) in [7, 11) is 4.39. The monoisotopic (exact) mass is 365 g/mol. The van der Waals surface area contributed by atoms with Crippen LogP contribution < -0.4 is 11.2 Å². The third-order valence-corrected chi connectivity index (χ3v) is 5.62. The lowest BCUT2D eigenvalue weighted by molar-refractivity contribution is -0.140. The summed E-state index contributed by atoms with van der Waals surface area (Å²) in [6.45, 7) is 3.93. The predicted molar refractivity (Wildman–Crippen MR) is 98.2 cm³/mol. The van der Waals surface area contributed by atoms with Gasteiger partial charge in [-0.15, -0.1) is 11.8 Å². The standard InChI is InChI=1S/C17H23N3O4S/c1-6-8-10-9-18-14-12(15(21)20(4)17(23)19(14)3)13(10)25-11(7-2)16(22)24-5/h9,11H,6-8H2,1-5H3/t11-/m0/s1. The quantitative estimate of drug-likeness (QED) is 0.571. The van der Waals surface area contributed by atoms with Crippen molar-refractivity contribution in [3.63, 3.8) is 0 Å². The SMILES string of the molecule is CCCc1cnc2c(c1S[C@@H](CC)C(=O)OC)c(=O)n(C)c(=O)n2C. The Morgan fingerprint density at radius 3 is 2.52 bits per heavy atom. The normalized spacial score (nSPS) is 12.4. The van der Waals surface area contributed by atoms with Crippen molar-refractivity contribution < 1.29 is 9.53 Å².